The lowest BCUT2D eigenvalue weighted by atomic mass is 10.1. The van der Waals surface area contributed by atoms with Gasteiger partial charge in [0.15, 0.2) is 0 Å². The van der Waals surface area contributed by atoms with Gasteiger partial charge in [-0.2, -0.15) is 5.10 Å². The molecule has 0 fully saturated rings. The zero-order chi connectivity index (χ0) is 15.4. The minimum absolute atomic E-state index is 0.148. The molecule has 6 heteroatoms. The Morgan fingerprint density at radius 1 is 1.33 bits per heavy atom. The molecular formula is C15H18N2O4. The summed E-state index contributed by atoms with van der Waals surface area (Å²) in [5, 5.41) is 13.7. The van der Waals surface area contributed by atoms with Gasteiger partial charge in [-0.05, 0) is 24.6 Å². The van der Waals surface area contributed by atoms with E-state index in [2.05, 4.69) is 5.10 Å². The number of hydrogen-bond donors (Lipinski definition) is 1. The van der Waals surface area contributed by atoms with Crippen molar-refractivity contribution in [1.82, 2.24) is 9.78 Å². The summed E-state index contributed by atoms with van der Waals surface area (Å²) in [7, 11) is 3.09. The lowest BCUT2D eigenvalue weighted by Gasteiger charge is -2.09. The first-order valence-corrected chi connectivity index (χ1v) is 6.63. The standard InChI is InChI=1S/C15H18N2O4/c1-4-7-17-9-12(15(18)19)14(16-17)11-8-10(20-2)5-6-13(11)21-3/h5-6,8-9H,4,7H2,1-3H3,(H,18,19). The number of methoxy groups -OCH3 is 2. The van der Waals surface area contributed by atoms with Gasteiger partial charge >= 0.3 is 5.97 Å². The Kier molecular flexibility index (Phi) is 4.47. The zero-order valence-electron chi connectivity index (χ0n) is 12.3. The number of hydrogen-bond acceptors (Lipinski definition) is 4. The first kappa shape index (κ1) is 14.9. The molecule has 0 radical (unpaired) electrons. The fourth-order valence-electron chi connectivity index (χ4n) is 2.12. The summed E-state index contributed by atoms with van der Waals surface area (Å²) in [6.45, 7) is 2.67. The molecule has 2 aromatic rings. The van der Waals surface area contributed by atoms with Crippen molar-refractivity contribution in [2.24, 2.45) is 0 Å². The maximum Gasteiger partial charge on any atom is 0.339 e. The molecule has 2 rings (SSSR count). The van der Waals surface area contributed by atoms with Crippen LogP contribution in [-0.4, -0.2) is 35.1 Å². The molecular weight excluding hydrogens is 272 g/mol. The summed E-state index contributed by atoms with van der Waals surface area (Å²) in [5.74, 6) is 0.157. The monoisotopic (exact) mass is 290 g/mol. The van der Waals surface area contributed by atoms with Crippen LogP contribution in [0.3, 0.4) is 0 Å². The largest absolute Gasteiger partial charge is 0.497 e. The van der Waals surface area contributed by atoms with Gasteiger partial charge in [-0.3, -0.25) is 4.68 Å². The number of carboxylic acid groups (broad SMARTS) is 1. The number of carboxylic acids is 1. The highest BCUT2D eigenvalue weighted by atomic mass is 16.5. The Labute approximate surface area is 122 Å². The van der Waals surface area contributed by atoms with E-state index >= 15 is 0 Å². The normalized spacial score (nSPS) is 10.4. The molecule has 6 nitrogen and oxygen atoms in total. The van der Waals surface area contributed by atoms with E-state index in [9.17, 15) is 9.90 Å². The van der Waals surface area contributed by atoms with Gasteiger partial charge < -0.3 is 14.6 Å². The number of benzene rings is 1. The van der Waals surface area contributed by atoms with Crippen LogP contribution < -0.4 is 9.47 Å². The molecule has 0 saturated carbocycles. The lowest BCUT2D eigenvalue weighted by molar-refractivity contribution is 0.0697. The van der Waals surface area contributed by atoms with Gasteiger partial charge in [0.25, 0.3) is 0 Å². The zero-order valence-corrected chi connectivity index (χ0v) is 12.3. The van der Waals surface area contributed by atoms with Gasteiger partial charge in [0, 0.05) is 18.3 Å². The molecule has 1 heterocycles. The van der Waals surface area contributed by atoms with E-state index in [0.29, 0.717) is 29.3 Å². The molecule has 1 N–H and O–H groups in total. The van der Waals surface area contributed by atoms with E-state index < -0.39 is 5.97 Å². The maximum absolute atomic E-state index is 11.4. The molecule has 0 unspecified atom stereocenters. The smallest absolute Gasteiger partial charge is 0.339 e. The maximum atomic E-state index is 11.4. The molecule has 21 heavy (non-hydrogen) atoms. The number of rotatable bonds is 6. The quantitative estimate of drug-likeness (QED) is 0.885. The molecule has 0 aliphatic heterocycles. The van der Waals surface area contributed by atoms with Gasteiger partial charge in [-0.25, -0.2) is 4.79 Å². The van der Waals surface area contributed by atoms with Crippen molar-refractivity contribution in [1.29, 1.82) is 0 Å². The Bertz CT molecular complexity index is 649. The number of aromatic carboxylic acids is 1. The Morgan fingerprint density at radius 3 is 2.67 bits per heavy atom. The van der Waals surface area contributed by atoms with Gasteiger partial charge in [-0.1, -0.05) is 6.92 Å². The minimum Gasteiger partial charge on any atom is -0.497 e. The molecule has 112 valence electrons. The van der Waals surface area contributed by atoms with Gasteiger partial charge in [0.1, 0.15) is 22.8 Å². The van der Waals surface area contributed by atoms with Crippen LogP contribution in [0.15, 0.2) is 24.4 Å². The summed E-state index contributed by atoms with van der Waals surface area (Å²) in [6.07, 6.45) is 2.41. The highest BCUT2D eigenvalue weighted by Crippen LogP contribution is 2.34. The van der Waals surface area contributed by atoms with Gasteiger partial charge in [-0.15, -0.1) is 0 Å². The van der Waals surface area contributed by atoms with Crippen molar-refractivity contribution in [3.8, 4) is 22.8 Å². The van der Waals surface area contributed by atoms with E-state index in [1.807, 2.05) is 6.92 Å². The van der Waals surface area contributed by atoms with E-state index in [0.717, 1.165) is 6.42 Å². The predicted molar refractivity (Wildman–Crippen MR) is 78.0 cm³/mol. The summed E-state index contributed by atoms with van der Waals surface area (Å²) in [4.78, 5) is 11.4. The third-order valence-corrected chi connectivity index (χ3v) is 3.11. The molecule has 0 atom stereocenters. The van der Waals surface area contributed by atoms with Crippen LogP contribution in [0.2, 0.25) is 0 Å². The lowest BCUT2D eigenvalue weighted by Crippen LogP contribution is -1.98. The van der Waals surface area contributed by atoms with Crippen LogP contribution in [0.5, 0.6) is 11.5 Å². The highest BCUT2D eigenvalue weighted by molar-refractivity contribution is 5.95. The van der Waals surface area contributed by atoms with E-state index in [1.54, 1.807) is 36.2 Å². The van der Waals surface area contributed by atoms with Crippen molar-refractivity contribution < 1.29 is 19.4 Å². The first-order chi connectivity index (χ1) is 10.1. The first-order valence-electron chi connectivity index (χ1n) is 6.63. The summed E-state index contributed by atoms with van der Waals surface area (Å²) in [6, 6.07) is 5.22. The second kappa shape index (κ2) is 6.30. The summed E-state index contributed by atoms with van der Waals surface area (Å²) in [5.41, 5.74) is 1.13. The number of carbonyl (C=O) groups is 1. The molecule has 1 aromatic heterocycles. The third kappa shape index (κ3) is 2.99. The molecule has 0 amide bonds. The Hall–Kier alpha value is -2.50. The minimum atomic E-state index is -1.02. The number of aromatic nitrogens is 2. The van der Waals surface area contributed by atoms with E-state index in [-0.39, 0.29) is 5.56 Å². The summed E-state index contributed by atoms with van der Waals surface area (Å²) < 4.78 is 12.1. The Morgan fingerprint density at radius 2 is 2.10 bits per heavy atom. The fraction of sp³-hybridized carbons (Fsp3) is 0.333. The molecule has 0 spiro atoms. The van der Waals surface area contributed by atoms with Crippen LogP contribution in [0.1, 0.15) is 23.7 Å². The number of aryl methyl sites for hydroxylation is 1. The molecule has 0 saturated heterocycles. The van der Waals surface area contributed by atoms with Crippen molar-refractivity contribution >= 4 is 5.97 Å². The fourth-order valence-corrected chi connectivity index (χ4v) is 2.12. The average molecular weight is 290 g/mol. The number of nitrogens with zero attached hydrogens (tertiary/aromatic N) is 2. The van der Waals surface area contributed by atoms with Crippen LogP contribution in [0, 0.1) is 0 Å². The van der Waals surface area contributed by atoms with Crippen LogP contribution in [0.4, 0.5) is 0 Å². The molecule has 0 aliphatic rings. The van der Waals surface area contributed by atoms with E-state index in [1.165, 1.54) is 7.11 Å². The van der Waals surface area contributed by atoms with Crippen LogP contribution in [-0.2, 0) is 6.54 Å². The highest BCUT2D eigenvalue weighted by Gasteiger charge is 2.20. The van der Waals surface area contributed by atoms with Crippen molar-refractivity contribution in [2.75, 3.05) is 14.2 Å². The second-order valence-corrected chi connectivity index (χ2v) is 4.53. The predicted octanol–water partition coefficient (Wildman–Crippen LogP) is 2.68. The van der Waals surface area contributed by atoms with Gasteiger partial charge in [0.2, 0.25) is 0 Å². The Balaban J connectivity index is 2.61. The molecule has 0 bridgehead atoms. The topological polar surface area (TPSA) is 73.6 Å². The summed E-state index contributed by atoms with van der Waals surface area (Å²) >= 11 is 0. The second-order valence-electron chi connectivity index (χ2n) is 4.53. The van der Waals surface area contributed by atoms with Crippen LogP contribution in [0.25, 0.3) is 11.3 Å². The average Bonchev–Trinajstić information content (AvgIpc) is 2.91. The van der Waals surface area contributed by atoms with E-state index in [4.69, 9.17) is 9.47 Å². The molecule has 0 aliphatic carbocycles. The van der Waals surface area contributed by atoms with Crippen molar-refractivity contribution in [2.45, 2.75) is 19.9 Å². The third-order valence-electron chi connectivity index (χ3n) is 3.11. The number of ether oxygens (including phenoxy) is 2. The SMILES string of the molecule is CCCn1cc(C(=O)O)c(-c2cc(OC)ccc2OC)n1. The van der Waals surface area contributed by atoms with Crippen molar-refractivity contribution in [3.63, 3.8) is 0 Å². The van der Waals surface area contributed by atoms with Gasteiger partial charge in [0.05, 0.1) is 14.2 Å². The van der Waals surface area contributed by atoms with Crippen molar-refractivity contribution in [3.05, 3.63) is 30.0 Å². The molecule has 1 aromatic carbocycles. The van der Waals surface area contributed by atoms with Crippen LogP contribution >= 0.6 is 0 Å².